The number of amides is 2. The number of nitrogens with one attached hydrogen (secondary N) is 1. The molecule has 2 aromatic rings. The number of methoxy groups -OCH3 is 2. The Labute approximate surface area is 217 Å². The fraction of sp³-hybridized carbons (Fsp3) is 0.481. The number of benzene rings is 2. The summed E-state index contributed by atoms with van der Waals surface area (Å²) in [5.41, 5.74) is 1.58. The van der Waals surface area contributed by atoms with E-state index in [9.17, 15) is 9.59 Å². The minimum atomic E-state index is -0.610. The Morgan fingerprint density at radius 1 is 1.06 bits per heavy atom. The summed E-state index contributed by atoms with van der Waals surface area (Å²) in [5.74, 6) is 0.984. The number of carbonyl (C=O) groups excluding carboxylic acids is 2. The van der Waals surface area contributed by atoms with E-state index in [2.05, 4.69) is 5.32 Å². The number of aryl methyl sites for hydroxylation is 1. The predicted octanol–water partition coefficient (Wildman–Crippen LogP) is 5.81. The highest BCUT2D eigenvalue weighted by molar-refractivity contribution is 6.36. The minimum absolute atomic E-state index is 0.123. The van der Waals surface area contributed by atoms with Crippen molar-refractivity contribution in [3.05, 3.63) is 57.6 Å². The number of rotatable bonds is 11. The topological polar surface area (TPSA) is 67.9 Å². The van der Waals surface area contributed by atoms with Crippen molar-refractivity contribution in [1.82, 2.24) is 10.2 Å². The molecule has 2 aromatic carbocycles. The lowest BCUT2D eigenvalue weighted by atomic mass is 10.0. The maximum absolute atomic E-state index is 13.6. The Balaban J connectivity index is 1.81. The third-order valence-electron chi connectivity index (χ3n) is 6.55. The van der Waals surface area contributed by atoms with E-state index in [0.29, 0.717) is 39.9 Å². The van der Waals surface area contributed by atoms with Gasteiger partial charge in [0, 0.05) is 34.6 Å². The molecule has 6 nitrogen and oxygen atoms in total. The van der Waals surface area contributed by atoms with Crippen LogP contribution in [0.15, 0.2) is 36.4 Å². The summed E-state index contributed by atoms with van der Waals surface area (Å²) in [7, 11) is 3.16. The van der Waals surface area contributed by atoms with E-state index in [0.717, 1.165) is 31.2 Å². The molecule has 0 unspecified atom stereocenters. The summed E-state index contributed by atoms with van der Waals surface area (Å²) in [4.78, 5) is 28.5. The van der Waals surface area contributed by atoms with Crippen molar-refractivity contribution in [2.45, 2.75) is 70.5 Å². The molecule has 3 rings (SSSR count). The molecular weight excluding hydrogens is 487 g/mol. The number of nitrogens with zero attached hydrogens (tertiary/aromatic N) is 1. The van der Waals surface area contributed by atoms with Gasteiger partial charge in [-0.05, 0) is 55.5 Å². The molecule has 0 radical (unpaired) electrons. The number of hydrogen-bond acceptors (Lipinski definition) is 4. The van der Waals surface area contributed by atoms with Crippen LogP contribution in [0.2, 0.25) is 10.0 Å². The number of halogens is 2. The molecule has 1 fully saturated rings. The van der Waals surface area contributed by atoms with Gasteiger partial charge in [0.05, 0.1) is 14.2 Å². The maximum Gasteiger partial charge on any atom is 0.243 e. The van der Waals surface area contributed by atoms with Gasteiger partial charge in [0.1, 0.15) is 6.04 Å². The first kappa shape index (κ1) is 27.2. The van der Waals surface area contributed by atoms with Gasteiger partial charge in [0.25, 0.3) is 0 Å². The first-order chi connectivity index (χ1) is 16.9. The van der Waals surface area contributed by atoms with Gasteiger partial charge in [-0.1, -0.05) is 55.1 Å². The summed E-state index contributed by atoms with van der Waals surface area (Å²) in [5, 5.41) is 4.10. The van der Waals surface area contributed by atoms with E-state index in [1.165, 1.54) is 0 Å². The predicted molar refractivity (Wildman–Crippen MR) is 139 cm³/mol. The van der Waals surface area contributed by atoms with Gasteiger partial charge in [0.2, 0.25) is 11.8 Å². The number of hydrogen-bond donors (Lipinski definition) is 1. The Morgan fingerprint density at radius 3 is 2.31 bits per heavy atom. The summed E-state index contributed by atoms with van der Waals surface area (Å²) in [6.07, 6.45) is 5.40. The molecule has 1 aliphatic carbocycles. The molecule has 1 atom stereocenters. The molecule has 0 saturated heterocycles. The third kappa shape index (κ3) is 7.05. The highest BCUT2D eigenvalue weighted by Gasteiger charge is 2.31. The Bertz CT molecular complexity index is 1000. The van der Waals surface area contributed by atoms with Crippen LogP contribution in [0.3, 0.4) is 0 Å². The van der Waals surface area contributed by atoms with E-state index < -0.39 is 6.04 Å². The second-order valence-corrected chi connectivity index (χ2v) is 9.64. The lowest BCUT2D eigenvalue weighted by Crippen LogP contribution is -2.51. The minimum Gasteiger partial charge on any atom is -0.493 e. The zero-order valence-electron chi connectivity index (χ0n) is 20.6. The quantitative estimate of drug-likeness (QED) is 0.405. The van der Waals surface area contributed by atoms with Crippen LogP contribution in [-0.4, -0.2) is 43.0 Å². The lowest BCUT2D eigenvalue weighted by Gasteiger charge is -2.32. The highest BCUT2D eigenvalue weighted by atomic mass is 35.5. The van der Waals surface area contributed by atoms with Crippen molar-refractivity contribution >= 4 is 35.0 Å². The van der Waals surface area contributed by atoms with Gasteiger partial charge in [-0.2, -0.15) is 0 Å². The molecule has 0 aliphatic heterocycles. The van der Waals surface area contributed by atoms with Crippen molar-refractivity contribution in [3.8, 4) is 11.5 Å². The van der Waals surface area contributed by atoms with Gasteiger partial charge in [-0.15, -0.1) is 0 Å². The number of ether oxygens (including phenoxy) is 2. The molecule has 1 aliphatic rings. The van der Waals surface area contributed by atoms with E-state index in [1.807, 2.05) is 25.1 Å². The van der Waals surface area contributed by atoms with Crippen molar-refractivity contribution < 1.29 is 19.1 Å². The summed E-state index contributed by atoms with van der Waals surface area (Å²) in [6.45, 7) is 2.08. The van der Waals surface area contributed by atoms with Gasteiger partial charge in [-0.25, -0.2) is 0 Å². The molecule has 0 bridgehead atoms. The van der Waals surface area contributed by atoms with Crippen molar-refractivity contribution in [2.75, 3.05) is 14.2 Å². The number of carbonyl (C=O) groups is 2. The summed E-state index contributed by atoms with van der Waals surface area (Å²) >= 11 is 12.9. The average Bonchev–Trinajstić information content (AvgIpc) is 3.36. The standard InChI is InChI=1S/C27H34Cl2N2O4/c1-4-23(27(33)30-19-8-5-6-9-19)31(17-20-21(28)10-7-11-22(20)29)26(32)15-13-18-12-14-24(34-2)25(16-18)35-3/h7,10-12,14,16,19,23H,4-6,8-9,13,15,17H2,1-3H3,(H,30,33)/t23-/m1/s1. The molecule has 35 heavy (non-hydrogen) atoms. The fourth-order valence-corrected chi connectivity index (χ4v) is 5.09. The van der Waals surface area contributed by atoms with E-state index in [1.54, 1.807) is 37.3 Å². The van der Waals surface area contributed by atoms with Crippen LogP contribution in [0, 0.1) is 0 Å². The van der Waals surface area contributed by atoms with E-state index in [4.69, 9.17) is 32.7 Å². The zero-order valence-corrected chi connectivity index (χ0v) is 22.1. The SMILES string of the molecule is CC[C@H](C(=O)NC1CCCC1)N(Cc1c(Cl)cccc1Cl)C(=O)CCc1ccc(OC)c(OC)c1. The second kappa shape index (κ2) is 13.0. The maximum atomic E-state index is 13.6. The molecule has 0 spiro atoms. The van der Waals surface area contributed by atoms with Crippen LogP contribution in [0.4, 0.5) is 0 Å². The van der Waals surface area contributed by atoms with Gasteiger partial charge in [0.15, 0.2) is 11.5 Å². The monoisotopic (exact) mass is 520 g/mol. The first-order valence-corrected chi connectivity index (χ1v) is 12.9. The van der Waals surface area contributed by atoms with Crippen LogP contribution >= 0.6 is 23.2 Å². The van der Waals surface area contributed by atoms with Gasteiger partial charge < -0.3 is 19.7 Å². The lowest BCUT2D eigenvalue weighted by molar-refractivity contribution is -0.141. The van der Waals surface area contributed by atoms with E-state index in [-0.39, 0.29) is 30.8 Å². The third-order valence-corrected chi connectivity index (χ3v) is 7.26. The molecule has 190 valence electrons. The Morgan fingerprint density at radius 2 is 1.71 bits per heavy atom. The van der Waals surface area contributed by atoms with Crippen molar-refractivity contribution in [1.29, 1.82) is 0 Å². The molecule has 0 aromatic heterocycles. The van der Waals surface area contributed by atoms with Gasteiger partial charge >= 0.3 is 0 Å². The Hall–Kier alpha value is -2.44. The van der Waals surface area contributed by atoms with Crippen LogP contribution in [0.25, 0.3) is 0 Å². The highest BCUT2D eigenvalue weighted by Crippen LogP contribution is 2.30. The molecule has 2 amide bonds. The van der Waals surface area contributed by atoms with Crippen LogP contribution in [-0.2, 0) is 22.6 Å². The molecule has 8 heteroatoms. The van der Waals surface area contributed by atoms with Crippen LogP contribution in [0.5, 0.6) is 11.5 Å². The molecular formula is C27H34Cl2N2O4. The summed E-state index contributed by atoms with van der Waals surface area (Å²) < 4.78 is 10.7. The molecule has 1 N–H and O–H groups in total. The summed E-state index contributed by atoms with van der Waals surface area (Å²) in [6, 6.07) is 10.4. The molecule has 0 heterocycles. The van der Waals surface area contributed by atoms with Crippen LogP contribution < -0.4 is 14.8 Å². The smallest absolute Gasteiger partial charge is 0.243 e. The first-order valence-electron chi connectivity index (χ1n) is 12.1. The van der Waals surface area contributed by atoms with Crippen LogP contribution in [0.1, 0.15) is 56.6 Å². The largest absolute Gasteiger partial charge is 0.493 e. The zero-order chi connectivity index (χ0) is 25.4. The fourth-order valence-electron chi connectivity index (χ4n) is 4.57. The average molecular weight is 521 g/mol. The van der Waals surface area contributed by atoms with Crippen molar-refractivity contribution in [3.63, 3.8) is 0 Å². The van der Waals surface area contributed by atoms with Gasteiger partial charge in [-0.3, -0.25) is 9.59 Å². The van der Waals surface area contributed by atoms with Crippen molar-refractivity contribution in [2.24, 2.45) is 0 Å². The molecule has 1 saturated carbocycles. The normalized spacial score (nSPS) is 14.4. The second-order valence-electron chi connectivity index (χ2n) is 8.83. The van der Waals surface area contributed by atoms with E-state index >= 15 is 0 Å². The Kier molecular flexibility index (Phi) is 10.1.